The third kappa shape index (κ3) is 6.51. The fourth-order valence-electron chi connectivity index (χ4n) is 10.8. The molecule has 0 unspecified atom stereocenters. The fourth-order valence-corrected chi connectivity index (χ4v) is 10.8. The number of nitrogens with zero attached hydrogens (tertiary/aromatic N) is 2. The lowest BCUT2D eigenvalue weighted by atomic mass is 9.97. The summed E-state index contributed by atoms with van der Waals surface area (Å²) in [5, 5.41) is 12.2. The smallest absolute Gasteiger partial charge is 0.143 e. The Morgan fingerprint density at radius 1 is 0.275 bits per heavy atom. The molecule has 3 heteroatoms. The van der Waals surface area contributed by atoms with Gasteiger partial charge in [-0.15, -0.1) is 0 Å². The highest BCUT2D eigenvalue weighted by molar-refractivity contribution is 6.15. The van der Waals surface area contributed by atoms with E-state index in [1.54, 1.807) is 0 Å². The molecule has 0 spiro atoms. The lowest BCUT2D eigenvalue weighted by Gasteiger charge is -2.26. The first kappa shape index (κ1) is 39.0. The summed E-state index contributed by atoms with van der Waals surface area (Å²) in [5.74, 6) is 0. The molecule has 2 heterocycles. The van der Waals surface area contributed by atoms with Gasteiger partial charge in [-0.3, -0.25) is 0 Å². The van der Waals surface area contributed by atoms with Gasteiger partial charge in [-0.2, -0.15) is 0 Å². The first-order valence-electron chi connectivity index (χ1n) is 23.6. The first-order valence-corrected chi connectivity index (χ1v) is 23.6. The molecule has 3 nitrogen and oxygen atoms in total. The van der Waals surface area contributed by atoms with Crippen molar-refractivity contribution in [2.75, 3.05) is 4.90 Å². The lowest BCUT2D eigenvalue weighted by Crippen LogP contribution is -2.09. The van der Waals surface area contributed by atoms with Gasteiger partial charge in [-0.05, 0) is 145 Å². The van der Waals surface area contributed by atoms with Crippen molar-refractivity contribution in [2.24, 2.45) is 0 Å². The van der Waals surface area contributed by atoms with Gasteiger partial charge < -0.3 is 13.9 Å². The summed E-state index contributed by atoms with van der Waals surface area (Å²) in [6.45, 7) is 0. The molecule has 0 radical (unpaired) electrons. The Morgan fingerprint density at radius 2 is 0.725 bits per heavy atom. The average Bonchev–Trinajstić information content (AvgIpc) is 3.97. The minimum Gasteiger partial charge on any atom is -0.455 e. The topological polar surface area (TPSA) is 21.3 Å². The van der Waals surface area contributed by atoms with Crippen molar-refractivity contribution in [3.8, 4) is 39.1 Å². The van der Waals surface area contributed by atoms with Crippen molar-refractivity contribution in [3.05, 3.63) is 255 Å². The van der Waals surface area contributed by atoms with Crippen LogP contribution in [0, 0.1) is 0 Å². The third-order valence-corrected chi connectivity index (χ3v) is 14.2. The number of hydrogen-bond donors (Lipinski definition) is 0. The van der Waals surface area contributed by atoms with Crippen LogP contribution >= 0.6 is 0 Å². The number of anilines is 3. The minimum absolute atomic E-state index is 0.894. The number of fused-ring (bicyclic) bond motifs is 11. The van der Waals surface area contributed by atoms with Gasteiger partial charge in [0.2, 0.25) is 0 Å². The standard InChI is InChI=1S/C66H42N2O/c1-3-14-56-46(10-1)20-21-51-40-49(29-37-57(51)56)44-24-33-53(34-25-44)67(54-35-26-45(27-36-54)50-30-38-61-62-39-28-47-11-2-4-15-58(47)66(62)69-65(61)42-50)52-31-22-43(23-32-52)48-12-9-13-55(41-48)68-63-18-7-5-16-59(63)60-17-6-8-19-64(60)68/h1-42H. The summed E-state index contributed by atoms with van der Waals surface area (Å²) < 4.78 is 8.96. The van der Waals surface area contributed by atoms with Gasteiger partial charge in [-0.25, -0.2) is 0 Å². The van der Waals surface area contributed by atoms with E-state index in [1.807, 2.05) is 0 Å². The van der Waals surface area contributed by atoms with Crippen LogP contribution in [0.5, 0.6) is 0 Å². The van der Waals surface area contributed by atoms with Gasteiger partial charge in [-0.1, -0.05) is 170 Å². The molecule has 69 heavy (non-hydrogen) atoms. The highest BCUT2D eigenvalue weighted by Crippen LogP contribution is 2.41. The maximum absolute atomic E-state index is 6.58. The molecule has 0 aliphatic heterocycles. The molecule has 0 bridgehead atoms. The zero-order chi connectivity index (χ0) is 45.4. The van der Waals surface area contributed by atoms with Gasteiger partial charge >= 0.3 is 0 Å². The Kier molecular flexibility index (Phi) is 8.90. The molecule has 12 aromatic carbocycles. The van der Waals surface area contributed by atoms with E-state index in [1.165, 1.54) is 65.4 Å². The van der Waals surface area contributed by atoms with E-state index in [0.29, 0.717) is 0 Å². The van der Waals surface area contributed by atoms with Gasteiger partial charge in [0.15, 0.2) is 0 Å². The molecular weight excluding hydrogens is 837 g/mol. The molecule has 14 rings (SSSR count). The summed E-state index contributed by atoms with van der Waals surface area (Å²) in [5.41, 5.74) is 15.6. The number of para-hydroxylation sites is 2. The Hall–Kier alpha value is -9.18. The van der Waals surface area contributed by atoms with Crippen molar-refractivity contribution >= 4 is 93.1 Å². The largest absolute Gasteiger partial charge is 0.455 e. The minimum atomic E-state index is 0.894. The second-order valence-corrected chi connectivity index (χ2v) is 18.1. The maximum Gasteiger partial charge on any atom is 0.143 e. The summed E-state index contributed by atoms with van der Waals surface area (Å²) >= 11 is 0. The monoisotopic (exact) mass is 878 g/mol. The normalized spacial score (nSPS) is 11.8. The SMILES string of the molecule is c1cc(-c2ccc(N(c3ccc(-c4ccc5c(ccc6ccccc65)c4)cc3)c3ccc(-c4ccc5c(c4)oc4c6ccccc6ccc54)cc3)cc2)cc(-n2c3ccccc3c3ccccc32)c1. The molecule has 0 saturated heterocycles. The van der Waals surface area contributed by atoms with Crippen molar-refractivity contribution in [2.45, 2.75) is 0 Å². The quantitative estimate of drug-likeness (QED) is 0.149. The van der Waals surface area contributed by atoms with Gasteiger partial charge in [0, 0.05) is 49.7 Å². The van der Waals surface area contributed by atoms with Crippen LogP contribution in [0.3, 0.4) is 0 Å². The van der Waals surface area contributed by atoms with Crippen LogP contribution in [-0.2, 0) is 0 Å². The molecule has 0 atom stereocenters. The Labute approximate surface area is 399 Å². The summed E-state index contributed by atoms with van der Waals surface area (Å²) in [7, 11) is 0. The van der Waals surface area contributed by atoms with Crippen LogP contribution < -0.4 is 4.90 Å². The molecule has 0 N–H and O–H groups in total. The van der Waals surface area contributed by atoms with Crippen LogP contribution in [0.15, 0.2) is 259 Å². The van der Waals surface area contributed by atoms with Gasteiger partial charge in [0.25, 0.3) is 0 Å². The molecule has 0 amide bonds. The van der Waals surface area contributed by atoms with E-state index in [-0.39, 0.29) is 0 Å². The van der Waals surface area contributed by atoms with E-state index < -0.39 is 0 Å². The van der Waals surface area contributed by atoms with Gasteiger partial charge in [0.05, 0.1) is 11.0 Å². The number of benzene rings is 12. The van der Waals surface area contributed by atoms with Gasteiger partial charge in [0.1, 0.15) is 11.2 Å². The zero-order valence-corrected chi connectivity index (χ0v) is 37.6. The molecular formula is C66H42N2O. The highest BCUT2D eigenvalue weighted by atomic mass is 16.3. The van der Waals surface area contributed by atoms with E-state index in [9.17, 15) is 0 Å². The lowest BCUT2D eigenvalue weighted by molar-refractivity contribution is 0.673. The van der Waals surface area contributed by atoms with Crippen LogP contribution in [0.2, 0.25) is 0 Å². The summed E-state index contributed by atoms with van der Waals surface area (Å²) in [6.07, 6.45) is 0. The predicted molar refractivity (Wildman–Crippen MR) is 292 cm³/mol. The Bertz CT molecular complexity index is 4240. The first-order chi connectivity index (χ1) is 34.2. The Morgan fingerprint density at radius 3 is 1.36 bits per heavy atom. The van der Waals surface area contributed by atoms with E-state index in [0.717, 1.165) is 66.8 Å². The van der Waals surface area contributed by atoms with Crippen molar-refractivity contribution in [3.63, 3.8) is 0 Å². The Balaban J connectivity index is 0.830. The maximum atomic E-state index is 6.58. The average molecular weight is 879 g/mol. The molecule has 0 aliphatic carbocycles. The number of furan rings is 1. The van der Waals surface area contributed by atoms with Crippen LogP contribution in [-0.4, -0.2) is 4.57 Å². The molecule has 0 aliphatic rings. The molecule has 322 valence electrons. The second-order valence-electron chi connectivity index (χ2n) is 18.1. The third-order valence-electron chi connectivity index (χ3n) is 14.2. The van der Waals surface area contributed by atoms with Crippen LogP contribution in [0.25, 0.3) is 115 Å². The van der Waals surface area contributed by atoms with Crippen molar-refractivity contribution in [1.29, 1.82) is 0 Å². The summed E-state index contributed by atoms with van der Waals surface area (Å²) in [4.78, 5) is 2.35. The second kappa shape index (κ2) is 15.7. The zero-order valence-electron chi connectivity index (χ0n) is 37.6. The number of rotatable bonds is 7. The fraction of sp³-hybridized carbons (Fsp3) is 0. The number of hydrogen-bond acceptors (Lipinski definition) is 2. The van der Waals surface area contributed by atoms with E-state index in [2.05, 4.69) is 264 Å². The van der Waals surface area contributed by atoms with E-state index in [4.69, 9.17) is 4.42 Å². The highest BCUT2D eigenvalue weighted by Gasteiger charge is 2.17. The number of aromatic nitrogens is 1. The molecule has 0 saturated carbocycles. The van der Waals surface area contributed by atoms with Crippen molar-refractivity contribution in [1.82, 2.24) is 4.57 Å². The van der Waals surface area contributed by atoms with Crippen molar-refractivity contribution < 1.29 is 4.42 Å². The molecule has 2 aromatic heterocycles. The molecule has 0 fully saturated rings. The van der Waals surface area contributed by atoms with E-state index >= 15 is 0 Å². The van der Waals surface area contributed by atoms with Crippen LogP contribution in [0.4, 0.5) is 17.1 Å². The van der Waals surface area contributed by atoms with Crippen LogP contribution in [0.1, 0.15) is 0 Å². The summed E-state index contributed by atoms with van der Waals surface area (Å²) in [6, 6.07) is 92.5. The molecule has 14 aromatic rings. The predicted octanol–water partition coefficient (Wildman–Crippen LogP) is 18.6.